The van der Waals surface area contributed by atoms with Crippen LogP contribution in [0.5, 0.6) is 5.19 Å². The van der Waals surface area contributed by atoms with Gasteiger partial charge in [0.25, 0.3) is 0 Å². The molecular formula is C9H14N3NaO5S3. The maximum Gasteiger partial charge on any atom is 1.00 e. The van der Waals surface area contributed by atoms with E-state index in [9.17, 15) is 13.0 Å². The predicted molar refractivity (Wildman–Crippen MR) is 74.5 cm³/mol. The van der Waals surface area contributed by atoms with E-state index in [4.69, 9.17) is 4.89 Å². The summed E-state index contributed by atoms with van der Waals surface area (Å²) in [6.07, 6.45) is 3.91. The molecule has 0 aliphatic heterocycles. The topological polar surface area (TPSA) is 113 Å². The van der Waals surface area contributed by atoms with Crippen molar-refractivity contribution in [3.8, 4) is 5.19 Å². The van der Waals surface area contributed by atoms with Gasteiger partial charge in [0.05, 0.1) is 15.4 Å². The van der Waals surface area contributed by atoms with Gasteiger partial charge in [-0.25, -0.2) is 8.42 Å². The van der Waals surface area contributed by atoms with Crippen molar-refractivity contribution in [1.29, 1.82) is 0 Å². The summed E-state index contributed by atoms with van der Waals surface area (Å²) >= 11 is 2.19. The molecule has 12 heteroatoms. The van der Waals surface area contributed by atoms with Crippen LogP contribution in [0.25, 0.3) is 0 Å². The molecule has 2 unspecified atom stereocenters. The fourth-order valence-electron chi connectivity index (χ4n) is 2.08. The molecule has 1 aromatic rings. The Bertz CT molecular complexity index is 540. The largest absolute Gasteiger partial charge is 1.00 e. The molecule has 114 valence electrons. The Morgan fingerprint density at radius 1 is 1.43 bits per heavy atom. The molecule has 0 bridgehead atoms. The average molecular weight is 363 g/mol. The molecule has 0 saturated heterocycles. The standard InChI is InChI=1S/C9H15N3O5S3.Na/c1-18-17-16-9-12-11-8(19-9)10-6-3-2-4-7(5-6)20(13,14)15;/h6-7H,2-5H2,1H3,(H,10,11)(H,13,14,15);/q;+1/p-1. The van der Waals surface area contributed by atoms with Crippen molar-refractivity contribution in [3.05, 3.63) is 0 Å². The SMILES string of the molecule is CSOOc1nnc(NC2CCCC(S(=O)(=O)[O-])C2)s1.[Na+]. The molecule has 0 radical (unpaired) electrons. The molecule has 1 aliphatic carbocycles. The molecule has 2 atom stereocenters. The van der Waals surface area contributed by atoms with E-state index >= 15 is 0 Å². The van der Waals surface area contributed by atoms with Crippen LogP contribution in [0.1, 0.15) is 25.7 Å². The van der Waals surface area contributed by atoms with Gasteiger partial charge in [-0.2, -0.15) is 0 Å². The second-order valence-electron chi connectivity index (χ2n) is 4.31. The summed E-state index contributed by atoms with van der Waals surface area (Å²) in [6, 6.07) is -0.0975. The number of aromatic nitrogens is 2. The number of hydrogen-bond acceptors (Lipinski definition) is 10. The minimum atomic E-state index is -4.23. The van der Waals surface area contributed by atoms with E-state index in [0.717, 1.165) is 29.8 Å². The van der Waals surface area contributed by atoms with Crippen LogP contribution in [0, 0.1) is 0 Å². The molecule has 21 heavy (non-hydrogen) atoms. The minimum absolute atomic E-state index is 0. The Labute approximate surface area is 153 Å². The van der Waals surface area contributed by atoms with Crippen molar-refractivity contribution in [3.63, 3.8) is 0 Å². The van der Waals surface area contributed by atoms with Crippen molar-refractivity contribution in [2.24, 2.45) is 0 Å². The van der Waals surface area contributed by atoms with Crippen molar-refractivity contribution in [2.45, 2.75) is 37.0 Å². The fraction of sp³-hybridized carbons (Fsp3) is 0.778. The van der Waals surface area contributed by atoms with Gasteiger partial charge in [0.1, 0.15) is 0 Å². The first kappa shape index (κ1) is 19.4. The Morgan fingerprint density at radius 3 is 2.86 bits per heavy atom. The predicted octanol–water partition coefficient (Wildman–Crippen LogP) is -1.60. The van der Waals surface area contributed by atoms with Gasteiger partial charge in [-0.05, 0) is 30.6 Å². The van der Waals surface area contributed by atoms with E-state index in [2.05, 4.69) is 19.8 Å². The van der Waals surface area contributed by atoms with Crippen molar-refractivity contribution >= 4 is 38.6 Å². The summed E-state index contributed by atoms with van der Waals surface area (Å²) in [4.78, 5) is 4.82. The van der Waals surface area contributed by atoms with Gasteiger partial charge in [0.15, 0.2) is 0 Å². The zero-order valence-corrected chi connectivity index (χ0v) is 16.1. The Morgan fingerprint density at radius 2 is 2.19 bits per heavy atom. The van der Waals surface area contributed by atoms with Gasteiger partial charge in [0, 0.05) is 24.3 Å². The van der Waals surface area contributed by atoms with Crippen LogP contribution >= 0.6 is 23.4 Å². The summed E-state index contributed by atoms with van der Waals surface area (Å²) in [5, 5.41) is 10.6. The van der Waals surface area contributed by atoms with E-state index in [-0.39, 0.29) is 40.8 Å². The number of anilines is 1. The third-order valence-corrected chi connectivity index (χ3v) is 5.11. The molecule has 0 aromatic carbocycles. The molecule has 0 spiro atoms. The molecule has 1 N–H and O–H groups in total. The second kappa shape index (κ2) is 8.87. The number of hydrogen-bond donors (Lipinski definition) is 1. The minimum Gasteiger partial charge on any atom is -0.748 e. The first-order chi connectivity index (χ1) is 9.49. The summed E-state index contributed by atoms with van der Waals surface area (Å²) in [5.41, 5.74) is 0. The zero-order chi connectivity index (χ0) is 14.6. The van der Waals surface area contributed by atoms with E-state index in [1.54, 1.807) is 6.26 Å². The van der Waals surface area contributed by atoms with Crippen molar-refractivity contribution in [1.82, 2.24) is 10.2 Å². The van der Waals surface area contributed by atoms with Crippen LogP contribution in [-0.2, 0) is 14.5 Å². The third-order valence-electron chi connectivity index (χ3n) is 2.94. The Hall–Kier alpha value is 0.380. The molecule has 1 heterocycles. The summed E-state index contributed by atoms with van der Waals surface area (Å²) in [6.45, 7) is 0. The number of rotatable bonds is 6. The Kier molecular flexibility index (Phi) is 8.20. The summed E-state index contributed by atoms with van der Waals surface area (Å²) < 4.78 is 37.8. The van der Waals surface area contributed by atoms with Crippen molar-refractivity contribution in [2.75, 3.05) is 11.6 Å². The van der Waals surface area contributed by atoms with Crippen LogP contribution < -0.4 is 39.8 Å². The first-order valence-electron chi connectivity index (χ1n) is 5.91. The van der Waals surface area contributed by atoms with Gasteiger partial charge in [-0.1, -0.05) is 11.5 Å². The number of nitrogens with one attached hydrogen (secondary N) is 1. The smallest absolute Gasteiger partial charge is 0.748 e. The fourth-order valence-corrected chi connectivity index (χ4v) is 3.80. The average Bonchev–Trinajstić information content (AvgIpc) is 2.83. The second-order valence-corrected chi connectivity index (χ2v) is 7.38. The summed E-state index contributed by atoms with van der Waals surface area (Å²) in [7, 11) is -4.23. The summed E-state index contributed by atoms with van der Waals surface area (Å²) in [5.74, 6) is 0. The van der Waals surface area contributed by atoms with E-state index in [0.29, 0.717) is 24.4 Å². The quantitative estimate of drug-likeness (QED) is 0.210. The van der Waals surface area contributed by atoms with Crippen LogP contribution in [0.15, 0.2) is 0 Å². The number of nitrogens with zero attached hydrogens (tertiary/aromatic N) is 2. The van der Waals surface area contributed by atoms with Gasteiger partial charge in [-0.3, -0.25) is 4.89 Å². The first-order valence-corrected chi connectivity index (χ1v) is 9.35. The normalized spacial score (nSPS) is 22.4. The van der Waals surface area contributed by atoms with Crippen LogP contribution in [-0.4, -0.2) is 40.7 Å². The molecule has 1 saturated carbocycles. The monoisotopic (exact) mass is 363 g/mol. The molecule has 1 fully saturated rings. The molecule has 2 rings (SSSR count). The van der Waals surface area contributed by atoms with Crippen LogP contribution in [0.4, 0.5) is 5.13 Å². The molecular weight excluding hydrogens is 349 g/mol. The van der Waals surface area contributed by atoms with Gasteiger partial charge < -0.3 is 9.87 Å². The molecule has 1 aromatic heterocycles. The zero-order valence-electron chi connectivity index (χ0n) is 11.6. The van der Waals surface area contributed by atoms with E-state index < -0.39 is 15.4 Å². The van der Waals surface area contributed by atoms with E-state index in [1.165, 1.54) is 0 Å². The maximum atomic E-state index is 11.1. The Balaban J connectivity index is 0.00000220. The molecule has 0 amide bonds. The third kappa shape index (κ3) is 6.18. The molecule has 1 aliphatic rings. The van der Waals surface area contributed by atoms with Crippen LogP contribution in [0.2, 0.25) is 0 Å². The van der Waals surface area contributed by atoms with Gasteiger partial charge >= 0.3 is 34.8 Å². The van der Waals surface area contributed by atoms with Crippen LogP contribution in [0.3, 0.4) is 0 Å². The van der Waals surface area contributed by atoms with Gasteiger partial charge in [-0.15, -0.1) is 9.43 Å². The molecule has 8 nitrogen and oxygen atoms in total. The van der Waals surface area contributed by atoms with E-state index in [1.807, 2.05) is 0 Å². The van der Waals surface area contributed by atoms with Crippen molar-refractivity contribution < 1.29 is 51.7 Å². The van der Waals surface area contributed by atoms with Gasteiger partial charge in [0.2, 0.25) is 5.13 Å². The maximum absolute atomic E-state index is 11.1.